The predicted octanol–water partition coefficient (Wildman–Crippen LogP) is 4.76. The Morgan fingerprint density at radius 2 is 2.00 bits per heavy atom. The summed E-state index contributed by atoms with van der Waals surface area (Å²) in [7, 11) is 0. The van der Waals surface area contributed by atoms with E-state index in [9.17, 15) is 4.79 Å². The highest BCUT2D eigenvalue weighted by atomic mass is 35.5. The molecule has 160 valence electrons. The SMILES string of the molecule is Cc1ccc(Oc2nccnc2N2CCCC(C(=O)NCc3cccc(Cl)c3)C2)cc1. The van der Waals surface area contributed by atoms with Crippen LogP contribution in [0.15, 0.2) is 60.9 Å². The molecule has 2 aromatic carbocycles. The first-order valence-corrected chi connectivity index (χ1v) is 10.8. The third kappa shape index (κ3) is 5.52. The molecule has 1 fully saturated rings. The molecule has 1 aliphatic heterocycles. The fourth-order valence-corrected chi connectivity index (χ4v) is 3.90. The van der Waals surface area contributed by atoms with Gasteiger partial charge >= 0.3 is 0 Å². The van der Waals surface area contributed by atoms with Crippen LogP contribution >= 0.6 is 11.6 Å². The van der Waals surface area contributed by atoms with Crippen LogP contribution < -0.4 is 15.0 Å². The Hall–Kier alpha value is -3.12. The average Bonchev–Trinajstić information content (AvgIpc) is 2.79. The van der Waals surface area contributed by atoms with Gasteiger partial charge in [0, 0.05) is 37.1 Å². The quantitative estimate of drug-likeness (QED) is 0.603. The highest BCUT2D eigenvalue weighted by Crippen LogP contribution is 2.31. The summed E-state index contributed by atoms with van der Waals surface area (Å²) in [6.45, 7) is 3.87. The van der Waals surface area contributed by atoms with Gasteiger partial charge in [0.2, 0.25) is 5.91 Å². The second-order valence-electron chi connectivity index (χ2n) is 7.73. The van der Waals surface area contributed by atoms with E-state index in [2.05, 4.69) is 20.2 Å². The number of carbonyl (C=O) groups excluding carboxylic acids is 1. The Bertz CT molecular complexity index is 1040. The predicted molar refractivity (Wildman–Crippen MR) is 122 cm³/mol. The molecule has 0 bridgehead atoms. The number of anilines is 1. The molecular weight excluding hydrogens is 412 g/mol. The van der Waals surface area contributed by atoms with Gasteiger partial charge in [-0.2, -0.15) is 0 Å². The van der Waals surface area contributed by atoms with Crippen LogP contribution in [-0.2, 0) is 11.3 Å². The van der Waals surface area contributed by atoms with Crippen molar-refractivity contribution in [3.8, 4) is 11.6 Å². The molecule has 1 amide bonds. The van der Waals surface area contributed by atoms with Gasteiger partial charge < -0.3 is 15.0 Å². The molecule has 1 N–H and O–H groups in total. The van der Waals surface area contributed by atoms with Crippen LogP contribution in [0.2, 0.25) is 5.02 Å². The van der Waals surface area contributed by atoms with E-state index in [1.54, 1.807) is 12.4 Å². The number of hydrogen-bond donors (Lipinski definition) is 1. The lowest BCUT2D eigenvalue weighted by molar-refractivity contribution is -0.125. The Morgan fingerprint density at radius 3 is 2.81 bits per heavy atom. The highest BCUT2D eigenvalue weighted by molar-refractivity contribution is 6.30. The summed E-state index contributed by atoms with van der Waals surface area (Å²) in [5.74, 6) is 1.73. The van der Waals surface area contributed by atoms with Crippen LogP contribution in [0.1, 0.15) is 24.0 Å². The lowest BCUT2D eigenvalue weighted by atomic mass is 9.97. The summed E-state index contributed by atoms with van der Waals surface area (Å²) in [5.41, 5.74) is 2.14. The van der Waals surface area contributed by atoms with E-state index in [0.29, 0.717) is 35.6 Å². The van der Waals surface area contributed by atoms with Crippen molar-refractivity contribution in [1.82, 2.24) is 15.3 Å². The molecule has 4 rings (SSSR count). The second kappa shape index (κ2) is 9.79. The molecular formula is C24H25ClN4O2. The molecule has 1 unspecified atom stereocenters. The fourth-order valence-electron chi connectivity index (χ4n) is 3.69. The Morgan fingerprint density at radius 1 is 1.19 bits per heavy atom. The van der Waals surface area contributed by atoms with Gasteiger partial charge in [0.25, 0.3) is 5.88 Å². The van der Waals surface area contributed by atoms with E-state index in [4.69, 9.17) is 16.3 Å². The zero-order valence-electron chi connectivity index (χ0n) is 17.4. The summed E-state index contributed by atoms with van der Waals surface area (Å²) in [4.78, 5) is 23.8. The van der Waals surface area contributed by atoms with Crippen LogP contribution in [0.3, 0.4) is 0 Å². The number of aromatic nitrogens is 2. The van der Waals surface area contributed by atoms with E-state index in [1.165, 1.54) is 0 Å². The minimum atomic E-state index is -0.123. The van der Waals surface area contributed by atoms with Crippen molar-refractivity contribution in [2.75, 3.05) is 18.0 Å². The molecule has 3 aromatic rings. The van der Waals surface area contributed by atoms with Crippen LogP contribution in [0.25, 0.3) is 0 Å². The van der Waals surface area contributed by atoms with E-state index in [-0.39, 0.29) is 11.8 Å². The van der Waals surface area contributed by atoms with Gasteiger partial charge in [0.05, 0.1) is 5.92 Å². The number of piperidine rings is 1. The van der Waals surface area contributed by atoms with E-state index >= 15 is 0 Å². The van der Waals surface area contributed by atoms with Crippen molar-refractivity contribution in [1.29, 1.82) is 0 Å². The molecule has 31 heavy (non-hydrogen) atoms. The molecule has 0 spiro atoms. The maximum absolute atomic E-state index is 12.8. The molecule has 0 aliphatic carbocycles. The summed E-state index contributed by atoms with van der Waals surface area (Å²) in [6, 6.07) is 15.3. The smallest absolute Gasteiger partial charge is 0.263 e. The van der Waals surface area contributed by atoms with Crippen molar-refractivity contribution in [3.05, 3.63) is 77.1 Å². The van der Waals surface area contributed by atoms with Crippen molar-refractivity contribution in [3.63, 3.8) is 0 Å². The third-order valence-electron chi connectivity index (χ3n) is 5.33. The van der Waals surface area contributed by atoms with Crippen molar-refractivity contribution >= 4 is 23.3 Å². The Balaban J connectivity index is 1.42. The lowest BCUT2D eigenvalue weighted by Gasteiger charge is -2.33. The van der Waals surface area contributed by atoms with Gasteiger partial charge in [0.15, 0.2) is 5.82 Å². The highest BCUT2D eigenvalue weighted by Gasteiger charge is 2.28. The molecule has 6 nitrogen and oxygen atoms in total. The summed E-state index contributed by atoms with van der Waals surface area (Å²) >= 11 is 6.03. The van der Waals surface area contributed by atoms with Gasteiger partial charge in [-0.1, -0.05) is 41.4 Å². The maximum atomic E-state index is 12.8. The number of ether oxygens (including phenoxy) is 1. The number of hydrogen-bond acceptors (Lipinski definition) is 5. The number of rotatable bonds is 6. The first-order chi connectivity index (χ1) is 15.1. The summed E-state index contributed by atoms with van der Waals surface area (Å²) in [6.07, 6.45) is 5.01. The fraction of sp³-hybridized carbons (Fsp3) is 0.292. The number of halogens is 1. The topological polar surface area (TPSA) is 67.4 Å². The molecule has 1 aromatic heterocycles. The van der Waals surface area contributed by atoms with Gasteiger partial charge in [-0.05, 0) is 49.6 Å². The third-order valence-corrected chi connectivity index (χ3v) is 5.56. The standard InChI is InChI=1S/C24H25ClN4O2/c1-17-7-9-21(10-8-17)31-24-22(26-11-12-27-24)29-13-3-5-19(16-29)23(30)28-15-18-4-2-6-20(25)14-18/h2,4,6-12,14,19H,3,5,13,15-16H2,1H3,(H,28,30). The lowest BCUT2D eigenvalue weighted by Crippen LogP contribution is -2.43. The number of nitrogens with zero attached hydrogens (tertiary/aromatic N) is 3. The van der Waals surface area contributed by atoms with Crippen LogP contribution in [0.5, 0.6) is 11.6 Å². The van der Waals surface area contributed by atoms with Gasteiger partial charge in [-0.15, -0.1) is 0 Å². The molecule has 1 saturated heterocycles. The molecule has 2 heterocycles. The Labute approximate surface area is 187 Å². The van der Waals surface area contributed by atoms with Crippen LogP contribution in [0, 0.1) is 12.8 Å². The largest absolute Gasteiger partial charge is 0.436 e. The van der Waals surface area contributed by atoms with E-state index in [1.807, 2.05) is 55.5 Å². The number of carbonyl (C=O) groups is 1. The van der Waals surface area contributed by atoms with E-state index < -0.39 is 0 Å². The monoisotopic (exact) mass is 436 g/mol. The Kier molecular flexibility index (Phi) is 6.67. The molecule has 0 saturated carbocycles. The second-order valence-corrected chi connectivity index (χ2v) is 8.17. The zero-order valence-corrected chi connectivity index (χ0v) is 18.2. The molecule has 0 radical (unpaired) electrons. The van der Waals surface area contributed by atoms with Gasteiger partial charge in [-0.25, -0.2) is 9.97 Å². The van der Waals surface area contributed by atoms with E-state index in [0.717, 1.165) is 30.5 Å². The number of nitrogens with one attached hydrogen (secondary N) is 1. The zero-order chi connectivity index (χ0) is 21.6. The first-order valence-electron chi connectivity index (χ1n) is 10.4. The van der Waals surface area contributed by atoms with Gasteiger partial charge in [-0.3, -0.25) is 4.79 Å². The van der Waals surface area contributed by atoms with Gasteiger partial charge in [0.1, 0.15) is 5.75 Å². The average molecular weight is 437 g/mol. The molecule has 7 heteroatoms. The normalized spacial score (nSPS) is 16.1. The van der Waals surface area contributed by atoms with Crippen molar-refractivity contribution < 1.29 is 9.53 Å². The van der Waals surface area contributed by atoms with Crippen LogP contribution in [0.4, 0.5) is 5.82 Å². The maximum Gasteiger partial charge on any atom is 0.263 e. The minimum absolute atomic E-state index is 0.0366. The van der Waals surface area contributed by atoms with Crippen LogP contribution in [-0.4, -0.2) is 29.0 Å². The minimum Gasteiger partial charge on any atom is -0.436 e. The molecule has 1 aliphatic rings. The number of benzene rings is 2. The number of amides is 1. The summed E-state index contributed by atoms with van der Waals surface area (Å²) in [5, 5.41) is 3.70. The van der Waals surface area contributed by atoms with Crippen molar-refractivity contribution in [2.45, 2.75) is 26.3 Å². The summed E-state index contributed by atoms with van der Waals surface area (Å²) < 4.78 is 6.00. The first kappa shape index (κ1) is 21.1. The van der Waals surface area contributed by atoms with Crippen molar-refractivity contribution in [2.24, 2.45) is 5.92 Å². The number of aryl methyl sites for hydroxylation is 1. The molecule has 1 atom stereocenters.